The van der Waals surface area contributed by atoms with Crippen molar-refractivity contribution in [1.29, 1.82) is 0 Å². The van der Waals surface area contributed by atoms with Gasteiger partial charge in [0.15, 0.2) is 0 Å². The Bertz CT molecular complexity index is 398. The summed E-state index contributed by atoms with van der Waals surface area (Å²) in [5.41, 5.74) is 4.86. The molecule has 1 heterocycles. The summed E-state index contributed by atoms with van der Waals surface area (Å²) in [6.45, 7) is 0. The van der Waals surface area contributed by atoms with E-state index in [-0.39, 0.29) is 15.9 Å². The van der Waals surface area contributed by atoms with Crippen LogP contribution in [0.4, 0.5) is 14.6 Å². The summed E-state index contributed by atoms with van der Waals surface area (Å²) >= 11 is 2.86. The van der Waals surface area contributed by atoms with Crippen LogP contribution in [0, 0.1) is 0 Å². The monoisotopic (exact) mass is 280 g/mol. The molecule has 82 valence electrons. The molecule has 0 aliphatic rings. The van der Waals surface area contributed by atoms with Gasteiger partial charge >= 0.3 is 5.97 Å². The number of nitrogen functional groups attached to an aromatic ring is 1. The quantitative estimate of drug-likeness (QED) is 0.888. The van der Waals surface area contributed by atoms with Gasteiger partial charge in [-0.1, -0.05) is 0 Å². The molecule has 3 N–H and O–H groups in total. The van der Waals surface area contributed by atoms with Gasteiger partial charge in [-0.3, -0.25) is 4.79 Å². The first-order chi connectivity index (χ1) is 6.93. The van der Waals surface area contributed by atoms with Gasteiger partial charge in [0.1, 0.15) is 5.82 Å². The largest absolute Gasteiger partial charge is 0.481 e. The third-order valence-electron chi connectivity index (χ3n) is 1.73. The number of carbonyl (C=O) groups is 1. The van der Waals surface area contributed by atoms with Gasteiger partial charge in [-0.05, 0) is 21.5 Å². The zero-order chi connectivity index (χ0) is 11.6. The Morgan fingerprint density at radius 3 is 2.73 bits per heavy atom. The van der Waals surface area contributed by atoms with Gasteiger partial charge in [0.2, 0.25) is 0 Å². The molecule has 0 aromatic carbocycles. The molecule has 0 aliphatic carbocycles. The predicted molar refractivity (Wildman–Crippen MR) is 52.6 cm³/mol. The number of aromatic nitrogens is 1. The summed E-state index contributed by atoms with van der Waals surface area (Å²) in [6, 6.07) is 0. The maximum atomic E-state index is 12.6. The van der Waals surface area contributed by atoms with Gasteiger partial charge in [-0.2, -0.15) is 0 Å². The maximum Gasteiger partial charge on any atom is 0.307 e. The molecule has 0 spiro atoms. The second kappa shape index (κ2) is 4.52. The second-order valence-electron chi connectivity index (χ2n) is 2.77. The molecular weight excluding hydrogens is 274 g/mol. The van der Waals surface area contributed by atoms with Gasteiger partial charge in [0.25, 0.3) is 6.43 Å². The lowest BCUT2D eigenvalue weighted by molar-refractivity contribution is -0.136. The minimum atomic E-state index is -2.79. The van der Waals surface area contributed by atoms with E-state index < -0.39 is 24.4 Å². The normalized spacial score (nSPS) is 10.7. The number of nitrogens with zero attached hydrogens (tertiary/aromatic N) is 1. The van der Waals surface area contributed by atoms with E-state index >= 15 is 0 Å². The average molecular weight is 281 g/mol. The van der Waals surface area contributed by atoms with Crippen molar-refractivity contribution >= 4 is 27.7 Å². The smallest absolute Gasteiger partial charge is 0.307 e. The molecular formula is C8H7BrF2N2O2. The number of halogens is 3. The number of anilines is 1. The number of nitrogens with two attached hydrogens (primary N) is 1. The lowest BCUT2D eigenvalue weighted by Crippen LogP contribution is -2.07. The van der Waals surface area contributed by atoms with Gasteiger partial charge in [-0.15, -0.1) is 0 Å². The van der Waals surface area contributed by atoms with E-state index in [4.69, 9.17) is 10.8 Å². The number of alkyl halides is 2. The van der Waals surface area contributed by atoms with Crippen molar-refractivity contribution < 1.29 is 18.7 Å². The van der Waals surface area contributed by atoms with Crippen LogP contribution in [0.5, 0.6) is 0 Å². The molecule has 0 aliphatic heterocycles. The number of aliphatic carboxylic acids is 1. The van der Waals surface area contributed by atoms with E-state index in [1.807, 2.05) is 0 Å². The lowest BCUT2D eigenvalue weighted by atomic mass is 10.1. The van der Waals surface area contributed by atoms with E-state index in [1.54, 1.807) is 0 Å². The molecule has 0 fully saturated rings. The molecule has 4 nitrogen and oxygen atoms in total. The summed E-state index contributed by atoms with van der Waals surface area (Å²) in [6.07, 6.45) is -2.25. The molecule has 1 rings (SSSR count). The van der Waals surface area contributed by atoms with Crippen LogP contribution in [0.25, 0.3) is 0 Å². The standard InChI is InChI=1S/C8H7BrF2N2O2/c9-6-5(7(10)11)3(1-4(14)15)2-13-8(6)12/h2,7H,1H2,(H2,12,13)(H,14,15). The van der Waals surface area contributed by atoms with Crippen LogP contribution in [-0.4, -0.2) is 16.1 Å². The van der Waals surface area contributed by atoms with Crippen molar-refractivity contribution in [3.05, 3.63) is 21.8 Å². The molecule has 15 heavy (non-hydrogen) atoms. The highest BCUT2D eigenvalue weighted by Crippen LogP contribution is 2.33. The minimum absolute atomic E-state index is 0.0430. The van der Waals surface area contributed by atoms with Crippen LogP contribution < -0.4 is 5.73 Å². The number of pyridine rings is 1. The third kappa shape index (κ3) is 2.62. The molecule has 0 bridgehead atoms. The molecule has 0 unspecified atom stereocenters. The number of rotatable bonds is 3. The average Bonchev–Trinajstić information content (AvgIpc) is 2.10. The summed E-state index contributed by atoms with van der Waals surface area (Å²) < 4.78 is 25.2. The number of carboxylic acids is 1. The van der Waals surface area contributed by atoms with Crippen LogP contribution in [0.3, 0.4) is 0 Å². The lowest BCUT2D eigenvalue weighted by Gasteiger charge is -2.10. The van der Waals surface area contributed by atoms with Crippen molar-refractivity contribution in [2.45, 2.75) is 12.8 Å². The van der Waals surface area contributed by atoms with Crippen LogP contribution >= 0.6 is 15.9 Å². The first-order valence-electron chi connectivity index (χ1n) is 3.86. The maximum absolute atomic E-state index is 12.6. The first kappa shape index (κ1) is 11.8. The Hall–Kier alpha value is -1.24. The van der Waals surface area contributed by atoms with Crippen LogP contribution in [0.1, 0.15) is 17.6 Å². The van der Waals surface area contributed by atoms with Crippen molar-refractivity contribution in [3.63, 3.8) is 0 Å². The Morgan fingerprint density at radius 2 is 2.27 bits per heavy atom. The van der Waals surface area contributed by atoms with Gasteiger partial charge in [-0.25, -0.2) is 13.8 Å². The van der Waals surface area contributed by atoms with Crippen molar-refractivity contribution in [2.24, 2.45) is 0 Å². The summed E-state index contributed by atoms with van der Waals surface area (Å²) in [5.74, 6) is -1.28. The second-order valence-corrected chi connectivity index (χ2v) is 3.56. The molecule has 0 saturated heterocycles. The van der Waals surface area contributed by atoms with Gasteiger partial charge < -0.3 is 10.8 Å². The SMILES string of the molecule is Nc1ncc(CC(=O)O)c(C(F)F)c1Br. The Labute approximate surface area is 92.2 Å². The molecule has 1 aromatic rings. The fourth-order valence-electron chi connectivity index (χ4n) is 1.09. The van der Waals surface area contributed by atoms with Gasteiger partial charge in [0, 0.05) is 11.8 Å². The van der Waals surface area contributed by atoms with E-state index in [0.717, 1.165) is 6.20 Å². The summed E-state index contributed by atoms with van der Waals surface area (Å²) in [4.78, 5) is 14.0. The van der Waals surface area contributed by atoms with E-state index in [9.17, 15) is 13.6 Å². The molecule has 1 aromatic heterocycles. The van der Waals surface area contributed by atoms with Crippen molar-refractivity contribution in [2.75, 3.05) is 5.73 Å². The zero-order valence-corrected chi connectivity index (χ0v) is 8.96. The Morgan fingerprint density at radius 1 is 1.67 bits per heavy atom. The van der Waals surface area contributed by atoms with E-state index in [0.29, 0.717) is 0 Å². The molecule has 0 amide bonds. The topological polar surface area (TPSA) is 76.2 Å². The Balaban J connectivity index is 3.26. The molecule has 0 radical (unpaired) electrons. The van der Waals surface area contributed by atoms with Crippen LogP contribution in [-0.2, 0) is 11.2 Å². The molecule has 0 atom stereocenters. The predicted octanol–water partition coefficient (Wildman–Crippen LogP) is 1.99. The van der Waals surface area contributed by atoms with Gasteiger partial charge in [0.05, 0.1) is 10.9 Å². The summed E-state index contributed by atoms with van der Waals surface area (Å²) in [5, 5.41) is 8.51. The van der Waals surface area contributed by atoms with Crippen molar-refractivity contribution in [1.82, 2.24) is 4.98 Å². The third-order valence-corrected chi connectivity index (χ3v) is 2.56. The minimum Gasteiger partial charge on any atom is -0.481 e. The molecule has 0 saturated carbocycles. The first-order valence-corrected chi connectivity index (χ1v) is 4.65. The van der Waals surface area contributed by atoms with Crippen LogP contribution in [0.15, 0.2) is 10.7 Å². The number of hydrogen-bond donors (Lipinski definition) is 2. The highest BCUT2D eigenvalue weighted by Gasteiger charge is 2.20. The highest BCUT2D eigenvalue weighted by atomic mass is 79.9. The van der Waals surface area contributed by atoms with E-state index in [2.05, 4.69) is 20.9 Å². The van der Waals surface area contributed by atoms with E-state index in [1.165, 1.54) is 0 Å². The van der Waals surface area contributed by atoms with Crippen LogP contribution in [0.2, 0.25) is 0 Å². The highest BCUT2D eigenvalue weighted by molar-refractivity contribution is 9.10. The number of hydrogen-bond acceptors (Lipinski definition) is 3. The Kier molecular flexibility index (Phi) is 3.57. The number of carboxylic acid groups (broad SMARTS) is 1. The zero-order valence-electron chi connectivity index (χ0n) is 7.38. The fraction of sp³-hybridized carbons (Fsp3) is 0.250. The van der Waals surface area contributed by atoms with Crippen molar-refractivity contribution in [3.8, 4) is 0 Å². The molecule has 7 heteroatoms. The fourth-order valence-corrected chi connectivity index (χ4v) is 1.62. The summed E-state index contributed by atoms with van der Waals surface area (Å²) in [7, 11) is 0.